The van der Waals surface area contributed by atoms with Gasteiger partial charge in [-0.15, -0.1) is 0 Å². The first-order valence-corrected chi connectivity index (χ1v) is 3.71. The number of rotatable bonds is 2. The van der Waals surface area contributed by atoms with E-state index in [9.17, 15) is 0 Å². The molecular formula is C8H13N2+. The van der Waals surface area contributed by atoms with Crippen molar-refractivity contribution in [1.29, 1.82) is 0 Å². The molecule has 0 aromatic rings. The van der Waals surface area contributed by atoms with Crippen molar-refractivity contribution in [3.05, 3.63) is 0 Å². The van der Waals surface area contributed by atoms with Crippen LogP contribution in [-0.4, -0.2) is 17.3 Å². The molecule has 0 N–H and O–H groups in total. The van der Waals surface area contributed by atoms with Gasteiger partial charge in [-0.05, 0) is 11.4 Å². The molecule has 0 amide bonds. The van der Waals surface area contributed by atoms with Crippen LogP contribution in [0.25, 0.3) is 0 Å². The Balaban J connectivity index is 2.74. The topological polar surface area (TPSA) is 26.5 Å². The molecule has 54 valence electrons. The second-order valence-electron chi connectivity index (χ2n) is 2.56. The number of hydrogen-bond acceptors (Lipinski definition) is 1. The molecule has 1 rings (SSSR count). The second-order valence-corrected chi connectivity index (χ2v) is 2.56. The van der Waals surface area contributed by atoms with Gasteiger partial charge in [-0.3, -0.25) is 0 Å². The Morgan fingerprint density at radius 2 is 2.10 bits per heavy atom. The van der Waals surface area contributed by atoms with E-state index in [1.807, 2.05) is 13.8 Å². The molecule has 10 heavy (non-hydrogen) atoms. The van der Waals surface area contributed by atoms with Gasteiger partial charge in [0.2, 0.25) is 11.4 Å². The predicted molar refractivity (Wildman–Crippen MR) is 45.8 cm³/mol. The number of aliphatic imine (C=N–C) groups is 1. The summed E-state index contributed by atoms with van der Waals surface area (Å²) in [6.45, 7) is 6.14. The highest BCUT2D eigenvalue weighted by Gasteiger charge is 2.19. The molecule has 1 aliphatic heterocycles. The molecule has 0 atom stereocenters. The van der Waals surface area contributed by atoms with Gasteiger partial charge in [0.05, 0.1) is 6.42 Å². The van der Waals surface area contributed by atoms with Crippen LogP contribution in [0, 0.1) is 0 Å². The Kier molecular flexibility index (Phi) is 2.03. The van der Waals surface area contributed by atoms with Crippen LogP contribution in [0.2, 0.25) is 0 Å². The minimum absolute atomic E-state index is 0.998. The summed E-state index contributed by atoms with van der Waals surface area (Å²) in [6.07, 6.45) is 2.14. The van der Waals surface area contributed by atoms with Crippen molar-refractivity contribution in [1.82, 2.24) is 4.67 Å². The van der Waals surface area contributed by atoms with E-state index in [1.54, 1.807) is 0 Å². The summed E-state index contributed by atoms with van der Waals surface area (Å²) in [5.41, 5.74) is 2.15. The highest BCUT2D eigenvalue weighted by atomic mass is 14.9. The standard InChI is InChI=1S/C8H13N2/c1-4-5-8-9-6(2)7(3)10-8/h4-5H2,1-3H3/q+1. The summed E-state index contributed by atoms with van der Waals surface area (Å²) in [7, 11) is 0. The van der Waals surface area contributed by atoms with Gasteiger partial charge in [-0.25, -0.2) is 4.67 Å². The molecule has 0 spiro atoms. The normalized spacial score (nSPS) is 16.5. The first kappa shape index (κ1) is 7.23. The van der Waals surface area contributed by atoms with E-state index in [-0.39, 0.29) is 0 Å². The van der Waals surface area contributed by atoms with E-state index in [0.717, 1.165) is 30.1 Å². The van der Waals surface area contributed by atoms with Gasteiger partial charge in [0.15, 0.2) is 0 Å². The number of hydrogen-bond donors (Lipinski definition) is 0. The fraction of sp³-hybridized carbons (Fsp3) is 0.625. The number of amidine groups is 1. The molecule has 0 saturated carbocycles. The van der Waals surface area contributed by atoms with Gasteiger partial charge in [0.25, 0.3) is 0 Å². The molecule has 0 bridgehead atoms. The van der Waals surface area contributed by atoms with Crippen molar-refractivity contribution in [2.24, 2.45) is 4.99 Å². The van der Waals surface area contributed by atoms with Gasteiger partial charge >= 0.3 is 5.84 Å². The van der Waals surface area contributed by atoms with Crippen LogP contribution in [0.5, 0.6) is 0 Å². The first-order valence-electron chi connectivity index (χ1n) is 3.71. The Labute approximate surface area is 61.4 Å². The van der Waals surface area contributed by atoms with Crippen molar-refractivity contribution in [2.75, 3.05) is 0 Å². The lowest BCUT2D eigenvalue weighted by Crippen LogP contribution is -2.02. The highest BCUT2D eigenvalue weighted by Crippen LogP contribution is 1.95. The quantitative estimate of drug-likeness (QED) is 0.511. The Morgan fingerprint density at radius 1 is 1.40 bits per heavy atom. The van der Waals surface area contributed by atoms with Crippen LogP contribution in [0.3, 0.4) is 0 Å². The molecule has 0 unspecified atom stereocenters. The van der Waals surface area contributed by atoms with Crippen molar-refractivity contribution in [2.45, 2.75) is 33.6 Å². The van der Waals surface area contributed by atoms with E-state index in [0.29, 0.717) is 0 Å². The molecule has 1 heterocycles. The summed E-state index contributed by atoms with van der Waals surface area (Å²) in [5, 5.41) is 0. The summed E-state index contributed by atoms with van der Waals surface area (Å²) >= 11 is 0. The third-order valence-electron chi connectivity index (χ3n) is 1.59. The zero-order chi connectivity index (χ0) is 7.56. The van der Waals surface area contributed by atoms with Crippen molar-refractivity contribution in [3.63, 3.8) is 0 Å². The Morgan fingerprint density at radius 3 is 2.50 bits per heavy atom. The zero-order valence-electron chi connectivity index (χ0n) is 6.81. The van der Waals surface area contributed by atoms with Gasteiger partial charge in [0, 0.05) is 13.8 Å². The fourth-order valence-electron chi connectivity index (χ4n) is 0.909. The lowest BCUT2D eigenvalue weighted by molar-refractivity contribution is 0.984. The van der Waals surface area contributed by atoms with Crippen LogP contribution < -0.4 is 4.67 Å². The SMILES string of the molecule is CCCC1=[N+]=C(C)C(C)=N1. The second kappa shape index (κ2) is 2.80. The van der Waals surface area contributed by atoms with Crippen molar-refractivity contribution >= 4 is 17.3 Å². The third kappa shape index (κ3) is 1.34. The van der Waals surface area contributed by atoms with E-state index in [4.69, 9.17) is 0 Å². The molecule has 0 saturated heterocycles. The minimum Gasteiger partial charge on any atom is -0.205 e. The van der Waals surface area contributed by atoms with Crippen LogP contribution in [0.1, 0.15) is 33.6 Å². The van der Waals surface area contributed by atoms with E-state index in [1.165, 1.54) is 0 Å². The minimum atomic E-state index is 0.998. The van der Waals surface area contributed by atoms with E-state index in [2.05, 4.69) is 16.6 Å². The van der Waals surface area contributed by atoms with Gasteiger partial charge in [-0.1, -0.05) is 6.92 Å². The van der Waals surface area contributed by atoms with Gasteiger partial charge in [0.1, 0.15) is 0 Å². The number of nitrogens with zero attached hydrogens (tertiary/aromatic N) is 2. The molecule has 0 aromatic carbocycles. The Bertz CT molecular complexity index is 230. The largest absolute Gasteiger partial charge is 0.390 e. The maximum Gasteiger partial charge on any atom is 0.390 e. The lowest BCUT2D eigenvalue weighted by Gasteiger charge is -1.75. The maximum absolute atomic E-state index is 4.29. The average Bonchev–Trinajstić information content (AvgIpc) is 2.14. The predicted octanol–water partition coefficient (Wildman–Crippen LogP) is 1.19. The zero-order valence-corrected chi connectivity index (χ0v) is 6.81. The van der Waals surface area contributed by atoms with Crippen LogP contribution >= 0.6 is 0 Å². The molecule has 1 aliphatic rings. The van der Waals surface area contributed by atoms with Crippen LogP contribution in [0.15, 0.2) is 4.99 Å². The van der Waals surface area contributed by atoms with E-state index >= 15 is 0 Å². The van der Waals surface area contributed by atoms with Crippen molar-refractivity contribution in [3.8, 4) is 0 Å². The molecule has 0 fully saturated rings. The van der Waals surface area contributed by atoms with E-state index < -0.39 is 0 Å². The highest BCUT2D eigenvalue weighted by molar-refractivity contribution is 6.44. The molecule has 0 aliphatic carbocycles. The molecule has 2 nitrogen and oxygen atoms in total. The Hall–Kier alpha value is -0.880. The fourth-order valence-corrected chi connectivity index (χ4v) is 0.909. The summed E-state index contributed by atoms with van der Waals surface area (Å²) in [5.74, 6) is 0.998. The van der Waals surface area contributed by atoms with Crippen LogP contribution in [0.4, 0.5) is 0 Å². The monoisotopic (exact) mass is 137 g/mol. The average molecular weight is 137 g/mol. The molecule has 2 heteroatoms. The molecule has 0 radical (unpaired) electrons. The van der Waals surface area contributed by atoms with Gasteiger partial charge < -0.3 is 0 Å². The third-order valence-corrected chi connectivity index (χ3v) is 1.59. The van der Waals surface area contributed by atoms with Crippen molar-refractivity contribution < 1.29 is 0 Å². The smallest absolute Gasteiger partial charge is 0.205 e. The van der Waals surface area contributed by atoms with Crippen LogP contribution in [-0.2, 0) is 0 Å². The lowest BCUT2D eigenvalue weighted by atomic mass is 10.3. The first-order chi connectivity index (χ1) is 4.74. The summed E-state index contributed by atoms with van der Waals surface area (Å²) in [4.78, 5) is 4.29. The maximum atomic E-state index is 4.29. The van der Waals surface area contributed by atoms with Gasteiger partial charge in [-0.2, -0.15) is 0 Å². The summed E-state index contributed by atoms with van der Waals surface area (Å²) in [6, 6.07) is 0. The molecule has 0 aromatic heterocycles. The summed E-state index contributed by atoms with van der Waals surface area (Å²) < 4.78 is 4.29. The molecular weight excluding hydrogens is 124 g/mol.